The number of para-hydroxylation sites is 1. The number of rotatable bonds is 8. The number of aromatic nitrogens is 1. The Morgan fingerprint density at radius 3 is 2.62 bits per heavy atom. The summed E-state index contributed by atoms with van der Waals surface area (Å²) in [7, 11) is -0.0446. The van der Waals surface area contributed by atoms with Crippen LogP contribution in [-0.2, 0) is 29.2 Å². The maximum absolute atomic E-state index is 11.6. The van der Waals surface area contributed by atoms with Gasteiger partial charge in [-0.3, -0.25) is 0 Å². The van der Waals surface area contributed by atoms with Gasteiger partial charge >= 0.3 is 0 Å². The highest BCUT2D eigenvalue weighted by Crippen LogP contribution is 2.40. The molecule has 1 aliphatic carbocycles. The van der Waals surface area contributed by atoms with Gasteiger partial charge in [-0.25, -0.2) is 9.86 Å². The Balaban J connectivity index is 1.47. The summed E-state index contributed by atoms with van der Waals surface area (Å²) in [5.41, 5.74) is 3.31. The number of hydrogen-bond donors (Lipinski definition) is 3. The van der Waals surface area contributed by atoms with E-state index in [9.17, 15) is 8.42 Å². The summed E-state index contributed by atoms with van der Waals surface area (Å²) in [4.78, 5) is 0. The van der Waals surface area contributed by atoms with Gasteiger partial charge in [0.25, 0.3) is 10.2 Å². The van der Waals surface area contributed by atoms with Crippen LogP contribution in [0.2, 0.25) is 0 Å². The minimum Gasteiger partial charge on any atom is -0.497 e. The van der Waals surface area contributed by atoms with Crippen molar-refractivity contribution in [2.24, 2.45) is 12.2 Å². The van der Waals surface area contributed by atoms with Crippen LogP contribution in [0, 0.1) is 0 Å². The Kier molecular flexibility index (Phi) is 6.57. The van der Waals surface area contributed by atoms with Crippen LogP contribution in [0.15, 0.2) is 54.7 Å². The van der Waals surface area contributed by atoms with E-state index in [0.717, 1.165) is 43.5 Å². The molecular formula is C24H32N4O3S. The molecule has 1 saturated carbocycles. The minimum absolute atomic E-state index is 0.287. The Labute approximate surface area is 190 Å². The van der Waals surface area contributed by atoms with E-state index in [4.69, 9.17) is 9.88 Å². The zero-order chi connectivity index (χ0) is 22.8. The predicted molar refractivity (Wildman–Crippen MR) is 128 cm³/mol. The smallest absolute Gasteiger partial charge is 0.274 e. The summed E-state index contributed by atoms with van der Waals surface area (Å²) < 4.78 is 33.4. The Hall–Kier alpha value is -2.39. The van der Waals surface area contributed by atoms with E-state index in [1.807, 2.05) is 18.2 Å². The van der Waals surface area contributed by atoms with Gasteiger partial charge in [-0.1, -0.05) is 30.3 Å². The molecule has 0 amide bonds. The highest BCUT2D eigenvalue weighted by molar-refractivity contribution is 7.87. The number of nitrogens with two attached hydrogens (primary N) is 1. The zero-order valence-electron chi connectivity index (χ0n) is 18.7. The van der Waals surface area contributed by atoms with Gasteiger partial charge in [-0.05, 0) is 55.0 Å². The van der Waals surface area contributed by atoms with E-state index in [2.05, 4.69) is 58.2 Å². The fourth-order valence-corrected chi connectivity index (χ4v) is 5.43. The summed E-state index contributed by atoms with van der Waals surface area (Å²) in [6.07, 6.45) is 5.81. The number of fused-ring (bicyclic) bond motifs is 1. The Bertz CT molecular complexity index is 1180. The third-order valence-corrected chi connectivity index (χ3v) is 7.34. The monoisotopic (exact) mass is 456 g/mol. The zero-order valence-corrected chi connectivity index (χ0v) is 19.5. The second-order valence-electron chi connectivity index (χ2n) is 8.82. The fourth-order valence-electron chi connectivity index (χ4n) is 4.95. The van der Waals surface area contributed by atoms with Gasteiger partial charge in [-0.2, -0.15) is 8.42 Å². The first-order valence-electron chi connectivity index (χ1n) is 11.0. The molecule has 0 aliphatic heterocycles. The van der Waals surface area contributed by atoms with Crippen LogP contribution in [-0.4, -0.2) is 32.7 Å². The van der Waals surface area contributed by atoms with Crippen molar-refractivity contribution in [1.29, 1.82) is 0 Å². The third-order valence-electron chi connectivity index (χ3n) is 6.80. The summed E-state index contributed by atoms with van der Waals surface area (Å²) in [6.45, 7) is 1.10. The molecule has 4 N–H and O–H groups in total. The van der Waals surface area contributed by atoms with Gasteiger partial charge in [0, 0.05) is 48.7 Å². The Morgan fingerprint density at radius 1 is 1.16 bits per heavy atom. The molecule has 1 aliphatic rings. The molecule has 2 aromatic carbocycles. The van der Waals surface area contributed by atoms with Crippen LogP contribution in [0.25, 0.3) is 10.9 Å². The first-order chi connectivity index (χ1) is 15.3. The molecule has 0 spiro atoms. The highest BCUT2D eigenvalue weighted by Gasteiger charge is 2.37. The number of nitrogens with one attached hydrogen (secondary N) is 2. The molecule has 32 heavy (non-hydrogen) atoms. The first kappa shape index (κ1) is 22.8. The van der Waals surface area contributed by atoms with E-state index in [1.54, 1.807) is 7.11 Å². The van der Waals surface area contributed by atoms with Crippen molar-refractivity contribution in [2.75, 3.05) is 13.7 Å². The first-order valence-corrected chi connectivity index (χ1v) is 12.5. The molecular weight excluding hydrogens is 424 g/mol. The van der Waals surface area contributed by atoms with E-state index in [1.165, 1.54) is 16.5 Å². The van der Waals surface area contributed by atoms with Gasteiger partial charge in [0.15, 0.2) is 0 Å². The third kappa shape index (κ3) is 4.99. The lowest BCUT2D eigenvalue weighted by Crippen LogP contribution is -2.47. The number of aryl methyl sites for hydroxylation is 1. The van der Waals surface area contributed by atoms with Gasteiger partial charge in [0.2, 0.25) is 0 Å². The van der Waals surface area contributed by atoms with Gasteiger partial charge in [0.05, 0.1) is 7.11 Å². The van der Waals surface area contributed by atoms with Crippen LogP contribution >= 0.6 is 0 Å². The number of methoxy groups -OCH3 is 1. The fraction of sp³-hybridized carbons (Fsp3) is 0.417. The van der Waals surface area contributed by atoms with E-state index in [-0.39, 0.29) is 12.0 Å². The number of benzene rings is 2. The largest absolute Gasteiger partial charge is 0.497 e. The lowest BCUT2D eigenvalue weighted by Gasteiger charge is -2.41. The van der Waals surface area contributed by atoms with Crippen molar-refractivity contribution in [3.8, 4) is 5.75 Å². The quantitative estimate of drug-likeness (QED) is 0.485. The van der Waals surface area contributed by atoms with Crippen molar-refractivity contribution in [1.82, 2.24) is 14.6 Å². The summed E-state index contributed by atoms with van der Waals surface area (Å²) in [5, 5.41) is 10.3. The molecule has 0 bridgehead atoms. The molecule has 8 heteroatoms. The number of ether oxygens (including phenoxy) is 1. The average Bonchev–Trinajstić information content (AvgIpc) is 3.12. The molecule has 0 unspecified atom stereocenters. The van der Waals surface area contributed by atoms with Crippen LogP contribution in [0.3, 0.4) is 0 Å². The summed E-state index contributed by atoms with van der Waals surface area (Å²) in [5.74, 6) is 0.772. The van der Waals surface area contributed by atoms with Crippen molar-refractivity contribution in [3.63, 3.8) is 0 Å². The average molecular weight is 457 g/mol. The van der Waals surface area contributed by atoms with E-state index < -0.39 is 10.2 Å². The van der Waals surface area contributed by atoms with Crippen molar-refractivity contribution in [3.05, 3.63) is 65.9 Å². The predicted octanol–water partition coefficient (Wildman–Crippen LogP) is 2.95. The van der Waals surface area contributed by atoms with Crippen molar-refractivity contribution in [2.45, 2.75) is 43.7 Å². The lowest BCUT2D eigenvalue weighted by molar-refractivity contribution is 0.245. The molecule has 0 atom stereocenters. The Morgan fingerprint density at radius 2 is 1.91 bits per heavy atom. The lowest BCUT2D eigenvalue weighted by atomic mass is 9.68. The maximum Gasteiger partial charge on any atom is 0.274 e. The second-order valence-corrected chi connectivity index (χ2v) is 10.2. The number of nitrogens with zero attached hydrogens (tertiary/aromatic N) is 1. The SMILES string of the molecule is COc1cccc(C2(CNS(N)(=O)=O)CCC(NCc3cn(C)c4ccccc34)CC2)c1. The van der Waals surface area contributed by atoms with Crippen LogP contribution in [0.1, 0.15) is 36.8 Å². The van der Waals surface area contributed by atoms with Crippen molar-refractivity contribution >= 4 is 21.1 Å². The summed E-state index contributed by atoms with van der Waals surface area (Å²) >= 11 is 0. The van der Waals surface area contributed by atoms with E-state index >= 15 is 0 Å². The van der Waals surface area contributed by atoms with Crippen molar-refractivity contribution < 1.29 is 13.2 Å². The van der Waals surface area contributed by atoms with Gasteiger partial charge in [0.1, 0.15) is 5.75 Å². The topological polar surface area (TPSA) is 98.4 Å². The maximum atomic E-state index is 11.6. The molecule has 0 saturated heterocycles. The minimum atomic E-state index is -3.76. The molecule has 7 nitrogen and oxygen atoms in total. The highest BCUT2D eigenvalue weighted by atomic mass is 32.2. The standard InChI is InChI=1S/C24H32N4O3S/c1-28-16-18(22-8-3-4-9-23(22)28)15-26-20-10-12-24(13-11-20,17-27-32(25,29)30)19-6-5-7-21(14-19)31-2/h3-9,14,16,20,26-27H,10-13,15,17H2,1-2H3,(H2,25,29,30). The molecule has 1 fully saturated rings. The van der Waals surface area contributed by atoms with Gasteiger partial charge in [-0.15, -0.1) is 0 Å². The molecule has 3 aromatic rings. The van der Waals surface area contributed by atoms with Crippen LogP contribution in [0.5, 0.6) is 5.75 Å². The van der Waals surface area contributed by atoms with Crippen LogP contribution < -0.4 is 19.9 Å². The summed E-state index contributed by atoms with van der Waals surface area (Å²) in [6, 6.07) is 16.7. The molecule has 1 heterocycles. The second kappa shape index (κ2) is 9.23. The molecule has 172 valence electrons. The van der Waals surface area contributed by atoms with E-state index in [0.29, 0.717) is 6.04 Å². The normalized spacial score (nSPS) is 21.7. The molecule has 4 rings (SSSR count). The number of hydrogen-bond acceptors (Lipinski definition) is 4. The molecule has 1 aromatic heterocycles. The van der Waals surface area contributed by atoms with Gasteiger partial charge < -0.3 is 14.6 Å². The molecule has 0 radical (unpaired) electrons. The van der Waals surface area contributed by atoms with Crippen LogP contribution in [0.4, 0.5) is 0 Å².